The second kappa shape index (κ2) is 4.86. The van der Waals surface area contributed by atoms with E-state index in [2.05, 4.69) is 15.1 Å². The lowest BCUT2D eigenvalue weighted by atomic mass is 9.80. The summed E-state index contributed by atoms with van der Waals surface area (Å²) in [6.45, 7) is 2.53. The largest absolute Gasteiger partial charge is 0.481 e. The third-order valence-corrected chi connectivity index (χ3v) is 3.84. The zero-order chi connectivity index (χ0) is 14.2. The Morgan fingerprint density at radius 1 is 1.40 bits per heavy atom. The van der Waals surface area contributed by atoms with Crippen LogP contribution in [0.25, 0.3) is 0 Å². The van der Waals surface area contributed by atoms with Crippen LogP contribution in [0.3, 0.4) is 0 Å². The molecule has 1 aliphatic rings. The molecule has 3 rings (SSSR count). The number of nitrogens with zero attached hydrogens (tertiary/aromatic N) is 4. The Kier molecular flexibility index (Phi) is 3.17. The molecule has 0 aliphatic heterocycles. The third kappa shape index (κ3) is 2.27. The lowest BCUT2D eigenvalue weighted by molar-refractivity contribution is -0.0467. The molecule has 0 spiro atoms. The molecule has 20 heavy (non-hydrogen) atoms. The van der Waals surface area contributed by atoms with Crippen molar-refractivity contribution >= 4 is 0 Å². The van der Waals surface area contributed by atoms with Gasteiger partial charge in [-0.05, 0) is 37.8 Å². The smallest absolute Gasteiger partial charge is 0.213 e. The number of aliphatic hydroxyl groups is 1. The van der Waals surface area contributed by atoms with Gasteiger partial charge in [0.1, 0.15) is 11.9 Å². The topological polar surface area (TPSA) is 73.1 Å². The molecule has 1 fully saturated rings. The summed E-state index contributed by atoms with van der Waals surface area (Å²) in [5, 5.41) is 14.6. The summed E-state index contributed by atoms with van der Waals surface area (Å²) in [5.41, 5.74) is 1.16. The van der Waals surface area contributed by atoms with Crippen molar-refractivity contribution in [3.05, 3.63) is 35.5 Å². The first-order valence-electron chi connectivity index (χ1n) is 6.73. The quantitative estimate of drug-likeness (QED) is 0.912. The Bertz CT molecular complexity index is 619. The zero-order valence-electron chi connectivity index (χ0n) is 11.7. The van der Waals surface area contributed by atoms with E-state index in [1.54, 1.807) is 18.1 Å². The number of aromatic nitrogens is 4. The van der Waals surface area contributed by atoms with Gasteiger partial charge in [0.05, 0.1) is 13.7 Å². The van der Waals surface area contributed by atoms with E-state index in [0.717, 1.165) is 30.5 Å². The van der Waals surface area contributed by atoms with Crippen LogP contribution in [0.1, 0.15) is 36.3 Å². The van der Waals surface area contributed by atoms with E-state index in [9.17, 15) is 5.11 Å². The van der Waals surface area contributed by atoms with Crippen molar-refractivity contribution in [1.29, 1.82) is 0 Å². The molecule has 6 heteroatoms. The lowest BCUT2D eigenvalue weighted by Gasteiger charge is -2.33. The molecule has 106 valence electrons. The van der Waals surface area contributed by atoms with Crippen LogP contribution in [0.5, 0.6) is 5.88 Å². The number of ether oxygens (including phenoxy) is 1. The van der Waals surface area contributed by atoms with Crippen molar-refractivity contribution in [3.63, 3.8) is 0 Å². The maximum atomic E-state index is 10.2. The standard InChI is InChI=1S/C14H18N4O2/c1-10-11(4-5-12(16-10)20-2)8-18-9-15-13(17-18)14(19)6-3-7-14/h4-5,9,19H,3,6-8H2,1-2H3. The molecule has 0 radical (unpaired) electrons. The van der Waals surface area contributed by atoms with Gasteiger partial charge in [0, 0.05) is 11.8 Å². The highest BCUT2D eigenvalue weighted by Gasteiger charge is 2.39. The third-order valence-electron chi connectivity index (χ3n) is 3.84. The van der Waals surface area contributed by atoms with E-state index in [1.807, 2.05) is 19.1 Å². The zero-order valence-corrected chi connectivity index (χ0v) is 11.7. The lowest BCUT2D eigenvalue weighted by Crippen LogP contribution is -2.35. The first-order chi connectivity index (χ1) is 9.60. The van der Waals surface area contributed by atoms with Gasteiger partial charge in [-0.3, -0.25) is 0 Å². The molecule has 2 aromatic heterocycles. The van der Waals surface area contributed by atoms with E-state index in [0.29, 0.717) is 18.2 Å². The molecule has 0 aromatic carbocycles. The number of rotatable bonds is 4. The minimum absolute atomic E-state index is 0.530. The molecule has 2 aromatic rings. The van der Waals surface area contributed by atoms with Gasteiger partial charge < -0.3 is 9.84 Å². The predicted octanol–water partition coefficient (Wildman–Crippen LogP) is 1.41. The minimum Gasteiger partial charge on any atom is -0.481 e. The fraction of sp³-hybridized carbons (Fsp3) is 0.500. The molecular weight excluding hydrogens is 256 g/mol. The van der Waals surface area contributed by atoms with Crippen molar-refractivity contribution in [3.8, 4) is 5.88 Å². The van der Waals surface area contributed by atoms with Gasteiger partial charge >= 0.3 is 0 Å². The second-order valence-electron chi connectivity index (χ2n) is 5.25. The van der Waals surface area contributed by atoms with Crippen LogP contribution in [-0.2, 0) is 12.1 Å². The van der Waals surface area contributed by atoms with E-state index in [1.165, 1.54) is 0 Å². The Morgan fingerprint density at radius 2 is 2.20 bits per heavy atom. The summed E-state index contributed by atoms with van der Waals surface area (Å²) < 4.78 is 6.83. The normalized spacial score (nSPS) is 16.8. The van der Waals surface area contributed by atoms with Crippen LogP contribution < -0.4 is 4.74 Å². The van der Waals surface area contributed by atoms with Crippen LogP contribution in [0.2, 0.25) is 0 Å². The van der Waals surface area contributed by atoms with Gasteiger partial charge in [-0.2, -0.15) is 5.10 Å². The van der Waals surface area contributed by atoms with Gasteiger partial charge in [0.25, 0.3) is 0 Å². The first-order valence-corrected chi connectivity index (χ1v) is 6.73. The Hall–Kier alpha value is -1.95. The van der Waals surface area contributed by atoms with Crippen LogP contribution in [0.15, 0.2) is 18.5 Å². The highest BCUT2D eigenvalue weighted by atomic mass is 16.5. The number of methoxy groups -OCH3 is 1. The average Bonchev–Trinajstić information content (AvgIpc) is 2.87. The van der Waals surface area contributed by atoms with E-state index in [4.69, 9.17) is 4.74 Å². The van der Waals surface area contributed by atoms with Gasteiger partial charge in [-0.15, -0.1) is 0 Å². The molecule has 1 saturated carbocycles. The van der Waals surface area contributed by atoms with Crippen LogP contribution >= 0.6 is 0 Å². The monoisotopic (exact) mass is 274 g/mol. The van der Waals surface area contributed by atoms with Crippen molar-refractivity contribution < 1.29 is 9.84 Å². The summed E-state index contributed by atoms with van der Waals surface area (Å²) in [6.07, 6.45) is 4.20. The summed E-state index contributed by atoms with van der Waals surface area (Å²) in [4.78, 5) is 8.56. The second-order valence-corrected chi connectivity index (χ2v) is 5.25. The fourth-order valence-corrected chi connectivity index (χ4v) is 2.34. The number of hydrogen-bond donors (Lipinski definition) is 1. The molecule has 2 heterocycles. The maximum absolute atomic E-state index is 10.2. The molecule has 6 nitrogen and oxygen atoms in total. The SMILES string of the molecule is COc1ccc(Cn2cnc(C3(O)CCC3)n2)c(C)n1. The van der Waals surface area contributed by atoms with Gasteiger partial charge in [0.2, 0.25) is 5.88 Å². The number of hydrogen-bond acceptors (Lipinski definition) is 5. The van der Waals surface area contributed by atoms with Crippen molar-refractivity contribution in [2.45, 2.75) is 38.3 Å². The Labute approximate surface area is 117 Å². The van der Waals surface area contributed by atoms with Gasteiger partial charge in [-0.25, -0.2) is 14.6 Å². The molecule has 1 N–H and O–H groups in total. The summed E-state index contributed by atoms with van der Waals surface area (Å²) >= 11 is 0. The van der Waals surface area contributed by atoms with Crippen molar-refractivity contribution in [1.82, 2.24) is 19.7 Å². The average molecular weight is 274 g/mol. The Morgan fingerprint density at radius 3 is 2.80 bits per heavy atom. The molecular formula is C14H18N4O2. The number of aryl methyl sites for hydroxylation is 1. The fourth-order valence-electron chi connectivity index (χ4n) is 2.34. The molecule has 0 bridgehead atoms. The van der Waals surface area contributed by atoms with Crippen LogP contribution in [-0.4, -0.2) is 32.0 Å². The molecule has 0 atom stereocenters. The van der Waals surface area contributed by atoms with Crippen LogP contribution in [0, 0.1) is 6.92 Å². The summed E-state index contributed by atoms with van der Waals surface area (Å²) in [6, 6.07) is 3.81. The molecule has 0 unspecified atom stereocenters. The maximum Gasteiger partial charge on any atom is 0.213 e. The van der Waals surface area contributed by atoms with Crippen molar-refractivity contribution in [2.24, 2.45) is 0 Å². The number of pyridine rings is 1. The first kappa shape index (κ1) is 13.1. The van der Waals surface area contributed by atoms with Crippen molar-refractivity contribution in [2.75, 3.05) is 7.11 Å². The van der Waals surface area contributed by atoms with E-state index < -0.39 is 5.60 Å². The van der Waals surface area contributed by atoms with E-state index >= 15 is 0 Å². The summed E-state index contributed by atoms with van der Waals surface area (Å²) in [7, 11) is 1.60. The Balaban J connectivity index is 1.78. The van der Waals surface area contributed by atoms with Gasteiger partial charge in [-0.1, -0.05) is 0 Å². The van der Waals surface area contributed by atoms with Crippen LogP contribution in [0.4, 0.5) is 0 Å². The summed E-state index contributed by atoms with van der Waals surface area (Å²) in [5.74, 6) is 1.14. The molecule has 0 saturated heterocycles. The molecule has 1 aliphatic carbocycles. The minimum atomic E-state index is -0.807. The molecule has 0 amide bonds. The highest BCUT2D eigenvalue weighted by Crippen LogP contribution is 2.38. The predicted molar refractivity (Wildman–Crippen MR) is 72.4 cm³/mol. The van der Waals surface area contributed by atoms with E-state index in [-0.39, 0.29) is 0 Å². The van der Waals surface area contributed by atoms with Gasteiger partial charge in [0.15, 0.2) is 5.82 Å². The highest BCUT2D eigenvalue weighted by molar-refractivity contribution is 5.25.